The number of thioether (sulfide) groups is 1. The average Bonchev–Trinajstić information content (AvgIpc) is 3.42. The number of aryl methyl sites for hydroxylation is 1. The zero-order valence-electron chi connectivity index (χ0n) is 18.4. The Hall–Kier alpha value is -2.16. The van der Waals surface area contributed by atoms with Crippen LogP contribution >= 0.6 is 23.1 Å². The summed E-state index contributed by atoms with van der Waals surface area (Å²) in [6.07, 6.45) is 2.78. The molecule has 0 spiro atoms. The molecule has 0 saturated carbocycles. The van der Waals surface area contributed by atoms with Crippen LogP contribution in [0.25, 0.3) is 10.2 Å². The molecular weight excluding hydrogens is 442 g/mol. The number of aromatic nitrogens is 2. The molecule has 32 heavy (non-hydrogen) atoms. The van der Waals surface area contributed by atoms with Gasteiger partial charge in [-0.15, -0.1) is 11.3 Å². The predicted octanol–water partition coefficient (Wildman–Crippen LogP) is 4.14. The topological polar surface area (TPSA) is 64.4 Å². The van der Waals surface area contributed by atoms with Gasteiger partial charge in [0.15, 0.2) is 5.16 Å². The molecule has 1 saturated heterocycles. The summed E-state index contributed by atoms with van der Waals surface area (Å²) in [5, 5.41) is 1.50. The van der Waals surface area contributed by atoms with Crippen LogP contribution in [-0.4, -0.2) is 39.6 Å². The van der Waals surface area contributed by atoms with Crippen LogP contribution in [0, 0.1) is 6.92 Å². The van der Waals surface area contributed by atoms with Gasteiger partial charge in [-0.1, -0.05) is 36.0 Å². The Morgan fingerprint density at radius 1 is 1.34 bits per heavy atom. The van der Waals surface area contributed by atoms with Gasteiger partial charge < -0.3 is 9.64 Å². The lowest BCUT2D eigenvalue weighted by molar-refractivity contribution is -0.129. The van der Waals surface area contributed by atoms with Crippen LogP contribution in [0.3, 0.4) is 0 Å². The van der Waals surface area contributed by atoms with Crippen LogP contribution in [0.2, 0.25) is 0 Å². The van der Waals surface area contributed by atoms with E-state index in [0.29, 0.717) is 26.1 Å². The van der Waals surface area contributed by atoms with Gasteiger partial charge in [-0.2, -0.15) is 0 Å². The van der Waals surface area contributed by atoms with Gasteiger partial charge in [0.1, 0.15) is 4.83 Å². The molecular formula is C24H27N3O3S2. The molecule has 8 heteroatoms. The maximum Gasteiger partial charge on any atom is 0.263 e. The maximum absolute atomic E-state index is 13.7. The zero-order chi connectivity index (χ0) is 22.2. The minimum Gasteiger partial charge on any atom is -0.376 e. The van der Waals surface area contributed by atoms with E-state index in [1.807, 2.05) is 21.6 Å². The molecule has 4 heterocycles. The highest BCUT2D eigenvalue weighted by molar-refractivity contribution is 7.98. The fourth-order valence-electron chi connectivity index (χ4n) is 4.50. The number of carbonyl (C=O) groups is 1. The number of hydrogen-bond donors (Lipinski definition) is 0. The van der Waals surface area contributed by atoms with Gasteiger partial charge >= 0.3 is 0 Å². The lowest BCUT2D eigenvalue weighted by Gasteiger charge is -2.25. The van der Waals surface area contributed by atoms with Gasteiger partial charge in [0.25, 0.3) is 5.56 Å². The van der Waals surface area contributed by atoms with Crippen molar-refractivity contribution in [3.63, 3.8) is 0 Å². The SMILES string of the molecule is CC(=O)N1CCc2c(sc3nc(SCc4ccccc4C)n(CC4CCCO4)c(=O)c23)C1. The van der Waals surface area contributed by atoms with Gasteiger partial charge in [0.2, 0.25) is 5.91 Å². The van der Waals surface area contributed by atoms with E-state index in [1.54, 1.807) is 30.0 Å². The molecule has 2 aromatic heterocycles. The summed E-state index contributed by atoms with van der Waals surface area (Å²) in [6.45, 7) is 6.24. The van der Waals surface area contributed by atoms with Crippen molar-refractivity contribution < 1.29 is 9.53 Å². The summed E-state index contributed by atoms with van der Waals surface area (Å²) in [5.74, 6) is 0.839. The van der Waals surface area contributed by atoms with Crippen molar-refractivity contribution in [3.05, 3.63) is 56.2 Å². The highest BCUT2D eigenvalue weighted by atomic mass is 32.2. The number of ether oxygens (including phenoxy) is 1. The smallest absolute Gasteiger partial charge is 0.263 e. The maximum atomic E-state index is 13.7. The van der Waals surface area contributed by atoms with Gasteiger partial charge in [-0.05, 0) is 42.9 Å². The van der Waals surface area contributed by atoms with Crippen molar-refractivity contribution in [3.8, 4) is 0 Å². The van der Waals surface area contributed by atoms with E-state index in [1.165, 1.54) is 11.1 Å². The summed E-state index contributed by atoms with van der Waals surface area (Å²) in [7, 11) is 0. The molecule has 1 aromatic carbocycles. The Labute approximate surface area is 195 Å². The number of carbonyl (C=O) groups excluding carboxylic acids is 1. The summed E-state index contributed by atoms with van der Waals surface area (Å²) >= 11 is 3.18. The molecule has 0 N–H and O–H groups in total. The molecule has 1 unspecified atom stereocenters. The standard InChI is InChI=1S/C24H27N3O3S2/c1-15-6-3-4-7-17(15)14-31-24-25-22-21(23(29)27(24)12-18-8-5-11-30-18)19-9-10-26(16(2)28)13-20(19)32-22/h3-4,6-7,18H,5,8-14H2,1-2H3. The molecule has 1 atom stereocenters. The van der Waals surface area contributed by atoms with Crippen LogP contribution in [-0.2, 0) is 34.8 Å². The number of amides is 1. The largest absolute Gasteiger partial charge is 0.376 e. The molecule has 6 nitrogen and oxygen atoms in total. The quantitative estimate of drug-likeness (QED) is 0.415. The fourth-order valence-corrected chi connectivity index (χ4v) is 6.86. The normalized spacial score (nSPS) is 18.3. The monoisotopic (exact) mass is 469 g/mol. The number of fused-ring (bicyclic) bond motifs is 3. The van der Waals surface area contributed by atoms with Crippen LogP contribution in [0.4, 0.5) is 0 Å². The number of rotatable bonds is 5. The van der Waals surface area contributed by atoms with E-state index in [0.717, 1.165) is 51.0 Å². The third-order valence-corrected chi connectivity index (χ3v) is 8.53. The first kappa shape index (κ1) is 21.7. The van der Waals surface area contributed by atoms with E-state index < -0.39 is 0 Å². The lowest BCUT2D eigenvalue weighted by Crippen LogP contribution is -2.34. The van der Waals surface area contributed by atoms with E-state index >= 15 is 0 Å². The van der Waals surface area contributed by atoms with Crippen molar-refractivity contribution in [1.82, 2.24) is 14.5 Å². The van der Waals surface area contributed by atoms with E-state index in [2.05, 4.69) is 19.1 Å². The van der Waals surface area contributed by atoms with Crippen LogP contribution < -0.4 is 5.56 Å². The average molecular weight is 470 g/mol. The summed E-state index contributed by atoms with van der Waals surface area (Å²) < 4.78 is 7.70. The van der Waals surface area contributed by atoms with E-state index in [-0.39, 0.29) is 17.6 Å². The Morgan fingerprint density at radius 3 is 2.94 bits per heavy atom. The highest BCUT2D eigenvalue weighted by Gasteiger charge is 2.27. The molecule has 2 aliphatic rings. The second kappa shape index (κ2) is 9.00. The number of hydrogen-bond acceptors (Lipinski definition) is 6. The third-order valence-electron chi connectivity index (χ3n) is 6.40. The van der Waals surface area contributed by atoms with Gasteiger partial charge in [0.05, 0.1) is 24.6 Å². The van der Waals surface area contributed by atoms with Crippen molar-refractivity contribution in [1.29, 1.82) is 0 Å². The number of benzene rings is 1. The fraction of sp³-hybridized carbons (Fsp3) is 0.458. The second-order valence-electron chi connectivity index (χ2n) is 8.53. The van der Waals surface area contributed by atoms with Gasteiger partial charge in [-0.3, -0.25) is 14.2 Å². The van der Waals surface area contributed by atoms with Crippen molar-refractivity contribution in [2.24, 2.45) is 0 Å². The minimum absolute atomic E-state index is 0.0339. The molecule has 3 aromatic rings. The first-order valence-electron chi connectivity index (χ1n) is 11.1. The third kappa shape index (κ3) is 4.11. The van der Waals surface area contributed by atoms with E-state index in [9.17, 15) is 9.59 Å². The Bertz CT molecular complexity index is 1230. The molecule has 0 aliphatic carbocycles. The van der Waals surface area contributed by atoms with Crippen molar-refractivity contribution in [2.45, 2.75) is 63.2 Å². The minimum atomic E-state index is 0.0339. The molecule has 0 radical (unpaired) electrons. The predicted molar refractivity (Wildman–Crippen MR) is 128 cm³/mol. The molecule has 0 bridgehead atoms. The molecule has 1 fully saturated rings. The zero-order valence-corrected chi connectivity index (χ0v) is 20.1. The molecule has 1 amide bonds. The Morgan fingerprint density at radius 2 is 2.19 bits per heavy atom. The summed E-state index contributed by atoms with van der Waals surface area (Å²) in [4.78, 5) is 34.3. The van der Waals surface area contributed by atoms with Crippen LogP contribution in [0.5, 0.6) is 0 Å². The second-order valence-corrected chi connectivity index (χ2v) is 10.6. The summed E-state index contributed by atoms with van der Waals surface area (Å²) in [5.41, 5.74) is 3.60. The van der Waals surface area contributed by atoms with Gasteiger partial charge in [-0.25, -0.2) is 4.98 Å². The molecule has 2 aliphatic heterocycles. The van der Waals surface area contributed by atoms with Crippen molar-refractivity contribution in [2.75, 3.05) is 13.2 Å². The molecule has 5 rings (SSSR count). The number of thiophene rings is 1. The summed E-state index contributed by atoms with van der Waals surface area (Å²) in [6, 6.07) is 8.33. The van der Waals surface area contributed by atoms with E-state index in [4.69, 9.17) is 9.72 Å². The highest BCUT2D eigenvalue weighted by Crippen LogP contribution is 2.34. The van der Waals surface area contributed by atoms with Crippen LogP contribution in [0.15, 0.2) is 34.2 Å². The number of nitrogens with zero attached hydrogens (tertiary/aromatic N) is 3. The Balaban J connectivity index is 1.55. The molecule has 168 valence electrons. The lowest BCUT2D eigenvalue weighted by atomic mass is 10.1. The van der Waals surface area contributed by atoms with Gasteiger partial charge in [0, 0.05) is 30.7 Å². The Kier molecular flexibility index (Phi) is 6.09. The first-order chi connectivity index (χ1) is 15.5. The first-order valence-corrected chi connectivity index (χ1v) is 12.9. The van der Waals surface area contributed by atoms with Crippen LogP contribution in [0.1, 0.15) is 41.3 Å². The van der Waals surface area contributed by atoms with Crippen molar-refractivity contribution >= 4 is 39.2 Å².